The number of carbonyl (C=O) groups is 3. The molecular formula is C26H28N2O7. The highest BCUT2D eigenvalue weighted by atomic mass is 16.5. The fraction of sp³-hybridized carbons (Fsp3) is 0.269. The third kappa shape index (κ3) is 6.94. The first kappa shape index (κ1) is 25.5. The van der Waals surface area contributed by atoms with Crippen molar-refractivity contribution >= 4 is 28.6 Å². The summed E-state index contributed by atoms with van der Waals surface area (Å²) in [6, 6.07) is 20.4. The van der Waals surface area contributed by atoms with Gasteiger partial charge in [-0.1, -0.05) is 36.4 Å². The van der Waals surface area contributed by atoms with Crippen LogP contribution < -0.4 is 9.47 Å². The maximum Gasteiger partial charge on any atom is 0.414 e. The number of fused-ring (bicyclic) bond motifs is 1. The van der Waals surface area contributed by atoms with E-state index in [4.69, 9.17) is 29.3 Å². The van der Waals surface area contributed by atoms with Crippen molar-refractivity contribution in [2.75, 3.05) is 40.4 Å². The van der Waals surface area contributed by atoms with Gasteiger partial charge in [-0.3, -0.25) is 9.69 Å². The monoisotopic (exact) mass is 480 g/mol. The molecule has 4 rings (SSSR count). The second-order valence-electron chi connectivity index (χ2n) is 7.96. The molecule has 1 aliphatic heterocycles. The third-order valence-electron chi connectivity index (χ3n) is 5.66. The minimum Gasteiger partial charge on any atom is -0.497 e. The molecule has 184 valence electrons. The van der Waals surface area contributed by atoms with Crippen LogP contribution in [-0.2, 0) is 16.1 Å². The van der Waals surface area contributed by atoms with Crippen LogP contribution in [-0.4, -0.2) is 78.3 Å². The quantitative estimate of drug-likeness (QED) is 0.536. The Morgan fingerprint density at radius 2 is 1.34 bits per heavy atom. The molecule has 1 aliphatic rings. The molecule has 0 unspecified atom stereocenters. The van der Waals surface area contributed by atoms with Crippen molar-refractivity contribution < 1.29 is 34.1 Å². The number of carbonyl (C=O) groups excluding carboxylic acids is 1. The van der Waals surface area contributed by atoms with Crippen LogP contribution in [0.4, 0.5) is 0 Å². The summed E-state index contributed by atoms with van der Waals surface area (Å²) in [5, 5.41) is 17.3. The molecule has 35 heavy (non-hydrogen) atoms. The number of piperazine rings is 1. The van der Waals surface area contributed by atoms with Crippen LogP contribution in [0, 0.1) is 0 Å². The van der Waals surface area contributed by atoms with Gasteiger partial charge >= 0.3 is 11.9 Å². The molecule has 1 fully saturated rings. The fourth-order valence-corrected chi connectivity index (χ4v) is 3.82. The van der Waals surface area contributed by atoms with Crippen molar-refractivity contribution in [3.05, 3.63) is 71.8 Å². The maximum atomic E-state index is 12.9. The molecule has 1 saturated heterocycles. The molecule has 9 nitrogen and oxygen atoms in total. The van der Waals surface area contributed by atoms with Crippen molar-refractivity contribution in [1.82, 2.24) is 9.80 Å². The van der Waals surface area contributed by atoms with E-state index < -0.39 is 11.9 Å². The first-order chi connectivity index (χ1) is 16.8. The van der Waals surface area contributed by atoms with Gasteiger partial charge in [-0.25, -0.2) is 9.59 Å². The number of hydrogen-bond donors (Lipinski definition) is 2. The number of nitrogens with zero attached hydrogens (tertiary/aromatic N) is 2. The van der Waals surface area contributed by atoms with E-state index in [9.17, 15) is 4.79 Å². The Bertz CT molecular complexity index is 1170. The van der Waals surface area contributed by atoms with Crippen molar-refractivity contribution in [3.63, 3.8) is 0 Å². The van der Waals surface area contributed by atoms with Crippen LogP contribution in [0.2, 0.25) is 0 Å². The van der Waals surface area contributed by atoms with Crippen LogP contribution in [0.15, 0.2) is 60.7 Å². The smallest absolute Gasteiger partial charge is 0.414 e. The maximum absolute atomic E-state index is 12.9. The average Bonchev–Trinajstić information content (AvgIpc) is 2.88. The molecule has 3 aromatic carbocycles. The van der Waals surface area contributed by atoms with Crippen molar-refractivity contribution in [1.29, 1.82) is 0 Å². The standard InChI is InChI=1S/C24H26N2O3.C2H2O4/c1-28-22-14-21(15-23(16-22)29-2)24(27)26-11-9-25(10-12-26)17-18-7-8-19-5-3-4-6-20(19)13-18;3-1(4)2(5)6/h3-8,13-16H,9-12,17H2,1-2H3;(H,3,4)(H,5,6). The lowest BCUT2D eigenvalue weighted by Gasteiger charge is -2.35. The minimum absolute atomic E-state index is 0.0209. The lowest BCUT2D eigenvalue weighted by molar-refractivity contribution is -0.159. The number of hydrogen-bond acceptors (Lipinski definition) is 6. The summed E-state index contributed by atoms with van der Waals surface area (Å²) < 4.78 is 10.6. The van der Waals surface area contributed by atoms with Crippen molar-refractivity contribution in [3.8, 4) is 11.5 Å². The number of ether oxygens (including phenoxy) is 2. The molecule has 0 bridgehead atoms. The molecule has 0 aromatic heterocycles. The number of benzene rings is 3. The van der Waals surface area contributed by atoms with E-state index in [-0.39, 0.29) is 5.91 Å². The summed E-state index contributed by atoms with van der Waals surface area (Å²) in [5.41, 5.74) is 1.91. The van der Waals surface area contributed by atoms with Gasteiger partial charge in [-0.2, -0.15) is 0 Å². The van der Waals surface area contributed by atoms with E-state index in [1.165, 1.54) is 16.3 Å². The summed E-state index contributed by atoms with van der Waals surface area (Å²) >= 11 is 0. The summed E-state index contributed by atoms with van der Waals surface area (Å²) in [7, 11) is 3.18. The van der Waals surface area contributed by atoms with Gasteiger partial charge in [-0.15, -0.1) is 0 Å². The summed E-state index contributed by atoms with van der Waals surface area (Å²) in [6.07, 6.45) is 0. The SMILES string of the molecule is COc1cc(OC)cc(C(=O)N2CCN(Cc3ccc4ccccc4c3)CC2)c1.O=C(O)C(=O)O. The van der Waals surface area contributed by atoms with E-state index >= 15 is 0 Å². The molecule has 3 aromatic rings. The molecule has 1 heterocycles. The summed E-state index contributed by atoms with van der Waals surface area (Å²) in [5.74, 6) is -2.37. The number of methoxy groups -OCH3 is 2. The Labute approximate surface area is 203 Å². The highest BCUT2D eigenvalue weighted by Crippen LogP contribution is 2.24. The average molecular weight is 481 g/mol. The van der Waals surface area contributed by atoms with E-state index in [1.54, 1.807) is 32.4 Å². The predicted octanol–water partition coefficient (Wildman–Crippen LogP) is 2.97. The molecule has 0 saturated carbocycles. The zero-order valence-electron chi connectivity index (χ0n) is 19.6. The first-order valence-electron chi connectivity index (χ1n) is 11.0. The van der Waals surface area contributed by atoms with Gasteiger partial charge < -0.3 is 24.6 Å². The minimum atomic E-state index is -1.82. The zero-order valence-corrected chi connectivity index (χ0v) is 19.6. The normalized spacial score (nSPS) is 13.5. The fourth-order valence-electron chi connectivity index (χ4n) is 3.82. The zero-order chi connectivity index (χ0) is 25.4. The van der Waals surface area contributed by atoms with E-state index in [2.05, 4.69) is 47.4 Å². The van der Waals surface area contributed by atoms with Crippen LogP contribution in [0.25, 0.3) is 10.8 Å². The van der Waals surface area contributed by atoms with Crippen LogP contribution in [0.1, 0.15) is 15.9 Å². The highest BCUT2D eigenvalue weighted by molar-refractivity contribution is 6.27. The Morgan fingerprint density at radius 3 is 1.89 bits per heavy atom. The van der Waals surface area contributed by atoms with E-state index in [0.717, 1.165) is 19.6 Å². The molecule has 0 aliphatic carbocycles. The van der Waals surface area contributed by atoms with Crippen molar-refractivity contribution in [2.45, 2.75) is 6.54 Å². The van der Waals surface area contributed by atoms with Gasteiger partial charge in [0.2, 0.25) is 0 Å². The number of carboxylic acids is 2. The number of carboxylic acid groups (broad SMARTS) is 2. The van der Waals surface area contributed by atoms with Gasteiger partial charge in [-0.05, 0) is 34.5 Å². The van der Waals surface area contributed by atoms with Gasteiger partial charge in [0.05, 0.1) is 14.2 Å². The first-order valence-corrected chi connectivity index (χ1v) is 11.0. The van der Waals surface area contributed by atoms with Gasteiger partial charge in [0.1, 0.15) is 11.5 Å². The van der Waals surface area contributed by atoms with Crippen LogP contribution in [0.5, 0.6) is 11.5 Å². The second-order valence-corrected chi connectivity index (χ2v) is 7.96. The summed E-state index contributed by atoms with van der Waals surface area (Å²) in [6.45, 7) is 4.05. The van der Waals surface area contributed by atoms with Gasteiger partial charge in [0, 0.05) is 44.4 Å². The molecule has 0 radical (unpaired) electrons. The Morgan fingerprint density at radius 1 is 0.771 bits per heavy atom. The highest BCUT2D eigenvalue weighted by Gasteiger charge is 2.23. The Hall–Kier alpha value is -4.11. The molecule has 2 N–H and O–H groups in total. The van der Waals surface area contributed by atoms with Crippen LogP contribution >= 0.6 is 0 Å². The van der Waals surface area contributed by atoms with E-state index in [0.29, 0.717) is 30.2 Å². The Balaban J connectivity index is 0.000000509. The van der Waals surface area contributed by atoms with Crippen molar-refractivity contribution in [2.24, 2.45) is 0 Å². The second kappa shape index (κ2) is 11.8. The molecular weight excluding hydrogens is 452 g/mol. The van der Waals surface area contributed by atoms with Gasteiger partial charge in [0.15, 0.2) is 0 Å². The largest absolute Gasteiger partial charge is 0.497 e. The lowest BCUT2D eigenvalue weighted by atomic mass is 10.1. The molecule has 1 amide bonds. The summed E-state index contributed by atoms with van der Waals surface area (Å²) in [4.78, 5) is 35.5. The lowest BCUT2D eigenvalue weighted by Crippen LogP contribution is -2.48. The van der Waals surface area contributed by atoms with E-state index in [1.807, 2.05) is 4.90 Å². The molecule has 0 atom stereocenters. The topological polar surface area (TPSA) is 117 Å². The molecule has 0 spiro atoms. The van der Waals surface area contributed by atoms with Crippen LogP contribution in [0.3, 0.4) is 0 Å². The van der Waals surface area contributed by atoms with Gasteiger partial charge in [0.25, 0.3) is 5.91 Å². The Kier molecular flexibility index (Phi) is 8.63. The number of rotatable bonds is 5. The number of amides is 1. The predicted molar refractivity (Wildman–Crippen MR) is 130 cm³/mol. The third-order valence-corrected chi connectivity index (χ3v) is 5.66. The number of aliphatic carboxylic acids is 2. The molecule has 9 heteroatoms.